The van der Waals surface area contributed by atoms with Crippen LogP contribution in [0.2, 0.25) is 0 Å². The van der Waals surface area contributed by atoms with Crippen molar-refractivity contribution in [2.45, 2.75) is 45.4 Å². The fourth-order valence-electron chi connectivity index (χ4n) is 5.65. The molecule has 0 N–H and O–H groups in total. The molecule has 5 rings (SSSR count). The molecule has 33 heavy (non-hydrogen) atoms. The summed E-state index contributed by atoms with van der Waals surface area (Å²) in [6.45, 7) is 9.23. The normalized spacial score (nSPS) is 22.8. The van der Waals surface area contributed by atoms with Gasteiger partial charge in [0.25, 0.3) is 0 Å². The Bertz CT molecular complexity index is 1140. The Morgan fingerprint density at radius 2 is 1.45 bits per heavy atom. The van der Waals surface area contributed by atoms with E-state index in [1.54, 1.807) is 0 Å². The van der Waals surface area contributed by atoms with Gasteiger partial charge in [-0.05, 0) is 56.9 Å². The standard InChI is InChI=1S/C27H33N3O3/c1-19-15-28(16-20(2)33-19)17-21-11-13-29(14-12-21)26(31)18-30-24-9-5-3-7-22(24)27(32)23-8-4-6-10-25(23)30/h3-10,19-21H,11-18H2,1-2H3. The molecule has 0 aliphatic carbocycles. The third kappa shape index (κ3) is 4.55. The quantitative estimate of drug-likeness (QED) is 0.575. The minimum atomic E-state index is 0.0254. The van der Waals surface area contributed by atoms with Gasteiger partial charge < -0.3 is 14.2 Å². The van der Waals surface area contributed by atoms with Crippen LogP contribution >= 0.6 is 0 Å². The molecule has 2 aromatic carbocycles. The molecule has 2 atom stereocenters. The maximum absolute atomic E-state index is 13.3. The van der Waals surface area contributed by atoms with Crippen molar-refractivity contribution < 1.29 is 9.53 Å². The molecule has 0 bridgehead atoms. The lowest BCUT2D eigenvalue weighted by Crippen LogP contribution is -2.49. The number of carbonyl (C=O) groups is 1. The number of rotatable bonds is 4. The average molecular weight is 448 g/mol. The number of carbonyl (C=O) groups excluding carboxylic acids is 1. The topological polar surface area (TPSA) is 54.8 Å². The van der Waals surface area contributed by atoms with Gasteiger partial charge in [-0.15, -0.1) is 0 Å². The molecular formula is C27H33N3O3. The number of morpholine rings is 1. The van der Waals surface area contributed by atoms with Gasteiger partial charge in [-0.3, -0.25) is 14.5 Å². The molecule has 3 heterocycles. The van der Waals surface area contributed by atoms with Gasteiger partial charge >= 0.3 is 0 Å². The maximum atomic E-state index is 13.3. The van der Waals surface area contributed by atoms with Gasteiger partial charge in [0.2, 0.25) is 5.91 Å². The van der Waals surface area contributed by atoms with E-state index < -0.39 is 0 Å². The van der Waals surface area contributed by atoms with Gasteiger partial charge in [-0.1, -0.05) is 24.3 Å². The molecule has 2 aliphatic rings. The summed E-state index contributed by atoms with van der Waals surface area (Å²) in [4.78, 5) is 30.8. The Morgan fingerprint density at radius 3 is 2.03 bits per heavy atom. The van der Waals surface area contributed by atoms with Crippen LogP contribution in [0.15, 0.2) is 53.3 Å². The lowest BCUT2D eigenvalue weighted by Gasteiger charge is -2.39. The zero-order valence-electron chi connectivity index (χ0n) is 19.6. The smallest absolute Gasteiger partial charge is 0.242 e. The number of hydrogen-bond acceptors (Lipinski definition) is 4. The second kappa shape index (κ2) is 9.27. The SMILES string of the molecule is CC1CN(CC2CCN(C(=O)Cn3c4ccccc4c(=O)c4ccccc43)CC2)CC(C)O1. The third-order valence-corrected chi connectivity index (χ3v) is 7.15. The number of amides is 1. The first kappa shape index (κ1) is 22.1. The number of aromatic nitrogens is 1. The second-order valence-corrected chi connectivity index (χ2v) is 9.75. The van der Waals surface area contributed by atoms with E-state index in [0.29, 0.717) is 16.7 Å². The average Bonchev–Trinajstić information content (AvgIpc) is 2.81. The predicted molar refractivity (Wildman–Crippen MR) is 131 cm³/mol. The van der Waals surface area contributed by atoms with Crippen molar-refractivity contribution in [3.05, 3.63) is 58.8 Å². The van der Waals surface area contributed by atoms with Gasteiger partial charge in [-0.2, -0.15) is 0 Å². The van der Waals surface area contributed by atoms with Crippen molar-refractivity contribution in [1.82, 2.24) is 14.4 Å². The first-order chi connectivity index (χ1) is 16.0. The zero-order chi connectivity index (χ0) is 22.9. The van der Waals surface area contributed by atoms with Crippen LogP contribution in [0.3, 0.4) is 0 Å². The van der Waals surface area contributed by atoms with E-state index in [2.05, 4.69) is 18.7 Å². The van der Waals surface area contributed by atoms with E-state index in [-0.39, 0.29) is 30.1 Å². The molecule has 174 valence electrons. The van der Waals surface area contributed by atoms with Gasteiger partial charge in [0.05, 0.1) is 23.2 Å². The van der Waals surface area contributed by atoms with Crippen LogP contribution in [0.25, 0.3) is 21.8 Å². The Hall–Kier alpha value is -2.70. The lowest BCUT2D eigenvalue weighted by molar-refractivity contribution is -0.133. The maximum Gasteiger partial charge on any atom is 0.242 e. The van der Waals surface area contributed by atoms with Crippen molar-refractivity contribution >= 4 is 27.7 Å². The van der Waals surface area contributed by atoms with E-state index >= 15 is 0 Å². The highest BCUT2D eigenvalue weighted by atomic mass is 16.5. The summed E-state index contributed by atoms with van der Waals surface area (Å²) >= 11 is 0. The van der Waals surface area contributed by atoms with E-state index in [0.717, 1.165) is 56.6 Å². The molecule has 1 amide bonds. The number of piperidine rings is 1. The van der Waals surface area contributed by atoms with Gasteiger partial charge in [0.1, 0.15) is 6.54 Å². The van der Waals surface area contributed by atoms with E-state index in [9.17, 15) is 9.59 Å². The zero-order valence-corrected chi connectivity index (χ0v) is 19.6. The van der Waals surface area contributed by atoms with Crippen LogP contribution in [-0.4, -0.2) is 65.2 Å². The van der Waals surface area contributed by atoms with Crippen LogP contribution in [0.4, 0.5) is 0 Å². The molecule has 6 heteroatoms. The number of pyridine rings is 1. The molecule has 0 radical (unpaired) electrons. The molecule has 0 spiro atoms. The highest BCUT2D eigenvalue weighted by Crippen LogP contribution is 2.23. The van der Waals surface area contributed by atoms with Crippen molar-refractivity contribution in [3.8, 4) is 0 Å². The fraction of sp³-hybridized carbons (Fsp3) is 0.481. The molecule has 6 nitrogen and oxygen atoms in total. The minimum Gasteiger partial charge on any atom is -0.373 e. The lowest BCUT2D eigenvalue weighted by atomic mass is 9.95. The minimum absolute atomic E-state index is 0.0254. The number of benzene rings is 2. The predicted octanol–water partition coefficient (Wildman–Crippen LogP) is 3.50. The van der Waals surface area contributed by atoms with Crippen LogP contribution in [-0.2, 0) is 16.1 Å². The fourth-order valence-corrected chi connectivity index (χ4v) is 5.65. The second-order valence-electron chi connectivity index (χ2n) is 9.75. The Labute approximate surface area is 194 Å². The number of hydrogen-bond donors (Lipinski definition) is 0. The highest BCUT2D eigenvalue weighted by Gasteiger charge is 2.28. The van der Waals surface area contributed by atoms with Crippen molar-refractivity contribution in [2.75, 3.05) is 32.7 Å². The summed E-state index contributed by atoms with van der Waals surface area (Å²) in [6, 6.07) is 15.2. The number of ether oxygens (including phenoxy) is 1. The number of para-hydroxylation sites is 2. The Balaban J connectivity index is 1.29. The van der Waals surface area contributed by atoms with Crippen LogP contribution in [0.5, 0.6) is 0 Å². The number of likely N-dealkylation sites (tertiary alicyclic amines) is 1. The van der Waals surface area contributed by atoms with E-state index in [1.165, 1.54) is 0 Å². The molecule has 0 saturated carbocycles. The van der Waals surface area contributed by atoms with Crippen molar-refractivity contribution in [2.24, 2.45) is 5.92 Å². The number of fused-ring (bicyclic) bond motifs is 2. The summed E-state index contributed by atoms with van der Waals surface area (Å²) in [5, 5.41) is 1.33. The van der Waals surface area contributed by atoms with Gasteiger partial charge in [0, 0.05) is 43.5 Å². The van der Waals surface area contributed by atoms with Gasteiger partial charge in [0.15, 0.2) is 5.43 Å². The summed E-state index contributed by atoms with van der Waals surface area (Å²) in [5.41, 5.74) is 1.66. The van der Waals surface area contributed by atoms with Crippen LogP contribution < -0.4 is 5.43 Å². The van der Waals surface area contributed by atoms with E-state index in [4.69, 9.17) is 4.74 Å². The summed E-state index contributed by atoms with van der Waals surface area (Å²) in [7, 11) is 0. The Kier molecular flexibility index (Phi) is 6.21. The number of nitrogens with zero attached hydrogens (tertiary/aromatic N) is 3. The monoisotopic (exact) mass is 447 g/mol. The molecular weight excluding hydrogens is 414 g/mol. The summed E-state index contributed by atoms with van der Waals surface area (Å²) in [5.74, 6) is 0.752. The Morgan fingerprint density at radius 1 is 0.909 bits per heavy atom. The molecule has 2 fully saturated rings. The van der Waals surface area contributed by atoms with E-state index in [1.807, 2.05) is 58.0 Å². The van der Waals surface area contributed by atoms with Crippen molar-refractivity contribution in [1.29, 1.82) is 0 Å². The first-order valence-corrected chi connectivity index (χ1v) is 12.2. The largest absolute Gasteiger partial charge is 0.373 e. The molecule has 2 saturated heterocycles. The molecule has 1 aromatic heterocycles. The van der Waals surface area contributed by atoms with Gasteiger partial charge in [-0.25, -0.2) is 0 Å². The summed E-state index contributed by atoms with van der Waals surface area (Å²) in [6.07, 6.45) is 2.66. The molecule has 3 aromatic rings. The summed E-state index contributed by atoms with van der Waals surface area (Å²) < 4.78 is 7.87. The molecule has 2 aliphatic heterocycles. The third-order valence-electron chi connectivity index (χ3n) is 7.15. The van der Waals surface area contributed by atoms with Crippen molar-refractivity contribution in [3.63, 3.8) is 0 Å². The molecule has 2 unspecified atom stereocenters. The van der Waals surface area contributed by atoms with Crippen LogP contribution in [0.1, 0.15) is 26.7 Å². The first-order valence-electron chi connectivity index (χ1n) is 12.2. The highest BCUT2D eigenvalue weighted by molar-refractivity contribution is 5.94. The van der Waals surface area contributed by atoms with Crippen LogP contribution in [0, 0.1) is 5.92 Å².